The van der Waals surface area contributed by atoms with Gasteiger partial charge in [-0.05, 0) is 18.2 Å². The van der Waals surface area contributed by atoms with Crippen molar-refractivity contribution in [2.45, 2.75) is 48.8 Å². The molecular weight excluding hydrogens is 570 g/mol. The fourth-order valence-electron chi connectivity index (χ4n) is 7.01. The number of hydrogen-bond donors (Lipinski definition) is 7. The molecule has 2 aromatic rings. The molecule has 2 fully saturated rings. The van der Waals surface area contributed by atoms with Crippen LogP contribution in [-0.4, -0.2) is 105 Å². The molecule has 2 saturated heterocycles. The third-order valence-corrected chi connectivity index (χ3v) is 9.24. The molecule has 2 aromatic carbocycles. The number of aliphatic hydroxyl groups is 2. The van der Waals surface area contributed by atoms with Gasteiger partial charge < -0.3 is 31.3 Å². The highest BCUT2D eigenvalue weighted by atomic mass is 16.5. The van der Waals surface area contributed by atoms with Gasteiger partial charge in [0.25, 0.3) is 11.8 Å². The van der Waals surface area contributed by atoms with E-state index in [4.69, 9.17) is 16.2 Å². The number of hydrogen-bond acceptors (Lipinski definition) is 11. The van der Waals surface area contributed by atoms with E-state index in [1.807, 2.05) is 26.0 Å². The highest BCUT2D eigenvalue weighted by Gasteiger charge is 2.75. The molecule has 0 saturated carbocycles. The Morgan fingerprint density at radius 2 is 1.91 bits per heavy atom. The minimum absolute atomic E-state index is 0.0255. The van der Waals surface area contributed by atoms with Gasteiger partial charge in [-0.1, -0.05) is 44.2 Å². The van der Waals surface area contributed by atoms with Crippen molar-refractivity contribution in [1.82, 2.24) is 20.9 Å². The van der Waals surface area contributed by atoms with Gasteiger partial charge in [0.2, 0.25) is 11.4 Å². The number of nitrogens with one attached hydrogen (secondary N) is 3. The first kappa shape index (κ1) is 27.9. The van der Waals surface area contributed by atoms with E-state index in [1.54, 1.807) is 36.4 Å². The molecule has 0 aromatic heterocycles. The molecule has 44 heavy (non-hydrogen) atoms. The predicted octanol–water partition coefficient (Wildman–Crippen LogP) is -2.10. The van der Waals surface area contributed by atoms with Crippen LogP contribution in [-0.2, 0) is 10.2 Å². The van der Waals surface area contributed by atoms with E-state index in [1.165, 1.54) is 9.48 Å². The molecule has 15 nitrogen and oxygen atoms in total. The maximum absolute atomic E-state index is 13.6. The minimum atomic E-state index is -2.67. The molecule has 7 rings (SSSR count). The number of fused-ring (bicyclic) bond motifs is 1. The summed E-state index contributed by atoms with van der Waals surface area (Å²) in [7, 11) is 0. The number of benzene rings is 2. The Labute approximate surface area is 252 Å². The minimum Gasteiger partial charge on any atom is -0.492 e. The number of para-hydroxylation sites is 2. The Bertz CT molecular complexity index is 1660. The summed E-state index contributed by atoms with van der Waals surface area (Å²) in [6, 6.07) is 10.4. The van der Waals surface area contributed by atoms with Gasteiger partial charge in [-0.15, -0.1) is 0 Å². The number of ether oxygens (including phenoxy) is 1. The average Bonchev–Trinajstić information content (AvgIpc) is 3.66. The average molecular weight is 605 g/mol. The highest BCUT2D eigenvalue weighted by molar-refractivity contribution is 6.12. The molecule has 0 bridgehead atoms. The molecule has 9 N–H and O–H groups in total. The smallest absolute Gasteiger partial charge is 0.346 e. The van der Waals surface area contributed by atoms with Gasteiger partial charge in [0.05, 0.1) is 25.3 Å². The van der Waals surface area contributed by atoms with Crippen molar-refractivity contribution in [3.05, 3.63) is 59.7 Å². The van der Waals surface area contributed by atoms with Crippen molar-refractivity contribution in [2.75, 3.05) is 31.1 Å². The summed E-state index contributed by atoms with van der Waals surface area (Å²) in [4.78, 5) is 46.8. The van der Waals surface area contributed by atoms with Gasteiger partial charge in [0.1, 0.15) is 30.4 Å². The van der Waals surface area contributed by atoms with Crippen LogP contribution < -0.4 is 37.1 Å². The van der Waals surface area contributed by atoms with Gasteiger partial charge in [-0.3, -0.25) is 30.4 Å². The number of aliphatic imine (C=N–C) groups is 1. The number of nitrogens with two attached hydrogens (primary N) is 2. The fourth-order valence-corrected chi connectivity index (χ4v) is 7.01. The number of amides is 4. The normalized spacial score (nSPS) is 29.4. The first-order chi connectivity index (χ1) is 20.8. The summed E-state index contributed by atoms with van der Waals surface area (Å²) in [5, 5.41) is 32.4. The van der Waals surface area contributed by atoms with Crippen molar-refractivity contribution in [1.29, 1.82) is 0 Å². The van der Waals surface area contributed by atoms with Gasteiger partial charge in [-0.25, -0.2) is 14.4 Å². The lowest BCUT2D eigenvalue weighted by atomic mass is 9.84. The van der Waals surface area contributed by atoms with Gasteiger partial charge in [0, 0.05) is 16.7 Å². The number of nitrogens with zero attached hydrogens (tertiary/aromatic N) is 4. The van der Waals surface area contributed by atoms with E-state index in [2.05, 4.69) is 20.9 Å². The van der Waals surface area contributed by atoms with Crippen LogP contribution in [0.15, 0.2) is 53.5 Å². The van der Waals surface area contributed by atoms with Crippen molar-refractivity contribution in [2.24, 2.45) is 16.5 Å². The monoisotopic (exact) mass is 604 g/mol. The molecule has 5 aliphatic rings. The lowest BCUT2D eigenvalue weighted by Crippen LogP contribution is -2.79. The topological polar surface area (TPSA) is 211 Å². The molecule has 0 aliphatic carbocycles. The Kier molecular flexibility index (Phi) is 5.90. The van der Waals surface area contributed by atoms with Crippen LogP contribution in [0.1, 0.15) is 29.8 Å². The van der Waals surface area contributed by atoms with Crippen molar-refractivity contribution in [3.63, 3.8) is 0 Å². The summed E-state index contributed by atoms with van der Waals surface area (Å²) < 4.78 is 7.33. The molecular formula is C29H34N9O6+. The summed E-state index contributed by atoms with van der Waals surface area (Å²) in [6.45, 7) is 3.98. The largest absolute Gasteiger partial charge is 0.492 e. The second kappa shape index (κ2) is 9.30. The van der Waals surface area contributed by atoms with Crippen LogP contribution in [0.5, 0.6) is 5.75 Å². The van der Waals surface area contributed by atoms with Crippen LogP contribution in [0.25, 0.3) is 0 Å². The molecule has 4 amide bonds. The zero-order valence-corrected chi connectivity index (χ0v) is 24.2. The first-order valence-corrected chi connectivity index (χ1v) is 14.3. The standard InChI is InChI=1S/C29H33N9O6/c1-27(2)14-44-21-16(9-6-10-17(21)27)23(40)33-19-12-38-25(31)32-18(22-28(38,29(19,42)43)35-24(30)34-22)11-37-20(39)13-36(26(37)41)15-7-4-3-5-8-15/h3-10,18-19,22,42-43H,11-14H2,1-2H3,(H6,30,31,32,33,34,35,40)/p+1/t18-,19?,22?,28?/m0/s1. The number of rotatable bonds is 5. The van der Waals surface area contributed by atoms with E-state index < -0.39 is 47.4 Å². The van der Waals surface area contributed by atoms with E-state index in [-0.39, 0.29) is 42.5 Å². The molecule has 15 heteroatoms. The maximum atomic E-state index is 13.6. The fraction of sp³-hybridized carbons (Fsp3) is 0.414. The quantitative estimate of drug-likeness (QED) is 0.112. The molecule has 3 unspecified atom stereocenters. The molecule has 5 aliphatic heterocycles. The SMILES string of the molecule is CC1(C)COc2c(C(=O)NC3C[N+]4=C(N)N[C@@H](CN5C(=O)CN(c6ccccc6)C5=O)C5N=C(N)NC54C3(O)O)cccc21. The van der Waals surface area contributed by atoms with Gasteiger partial charge in [-0.2, -0.15) is 0 Å². The van der Waals surface area contributed by atoms with Crippen LogP contribution >= 0.6 is 0 Å². The number of anilines is 1. The highest BCUT2D eigenvalue weighted by Crippen LogP contribution is 2.43. The van der Waals surface area contributed by atoms with Crippen LogP contribution in [0, 0.1) is 0 Å². The Hall–Kier alpha value is -4.89. The van der Waals surface area contributed by atoms with E-state index in [9.17, 15) is 24.6 Å². The predicted molar refractivity (Wildman–Crippen MR) is 157 cm³/mol. The van der Waals surface area contributed by atoms with Crippen LogP contribution in [0.2, 0.25) is 0 Å². The molecule has 0 radical (unpaired) electrons. The Balaban J connectivity index is 1.17. The van der Waals surface area contributed by atoms with Crippen LogP contribution in [0.3, 0.4) is 0 Å². The number of guanidine groups is 2. The van der Waals surface area contributed by atoms with E-state index in [0.29, 0.717) is 18.0 Å². The van der Waals surface area contributed by atoms with Gasteiger partial charge in [0.15, 0.2) is 5.96 Å². The maximum Gasteiger partial charge on any atom is 0.346 e. The summed E-state index contributed by atoms with van der Waals surface area (Å²) in [6.07, 6.45) is 0. The van der Waals surface area contributed by atoms with Crippen molar-refractivity contribution < 1.29 is 33.9 Å². The molecule has 4 atom stereocenters. The number of carbonyl (C=O) groups excluding carboxylic acids is 3. The zero-order chi connectivity index (χ0) is 31.2. The lowest BCUT2D eigenvalue weighted by molar-refractivity contribution is -0.623. The Morgan fingerprint density at radius 3 is 2.66 bits per heavy atom. The van der Waals surface area contributed by atoms with E-state index >= 15 is 0 Å². The number of imide groups is 1. The molecule has 230 valence electrons. The van der Waals surface area contributed by atoms with Crippen molar-refractivity contribution >= 4 is 35.5 Å². The summed E-state index contributed by atoms with van der Waals surface area (Å²) in [5.74, 6) is -3.28. The third-order valence-electron chi connectivity index (χ3n) is 9.24. The second-order valence-corrected chi connectivity index (χ2v) is 12.4. The summed E-state index contributed by atoms with van der Waals surface area (Å²) >= 11 is 0. The zero-order valence-electron chi connectivity index (χ0n) is 24.2. The lowest BCUT2D eigenvalue weighted by Gasteiger charge is -2.44. The second-order valence-electron chi connectivity index (χ2n) is 12.4. The van der Waals surface area contributed by atoms with Crippen LogP contribution in [0.4, 0.5) is 10.5 Å². The van der Waals surface area contributed by atoms with Crippen molar-refractivity contribution in [3.8, 4) is 5.75 Å². The Morgan fingerprint density at radius 1 is 1.16 bits per heavy atom. The molecule has 1 spiro atoms. The molecule has 5 heterocycles. The third kappa shape index (κ3) is 3.78. The first-order valence-electron chi connectivity index (χ1n) is 14.3. The number of urea groups is 1. The summed E-state index contributed by atoms with van der Waals surface area (Å²) in [5.41, 5.74) is 12.2. The van der Waals surface area contributed by atoms with Gasteiger partial charge >= 0.3 is 12.0 Å². The number of carbonyl (C=O) groups is 3. The van der Waals surface area contributed by atoms with E-state index in [0.717, 1.165) is 10.5 Å².